The Kier molecular flexibility index (Phi) is 13.5. The van der Waals surface area contributed by atoms with Crippen LogP contribution in [0, 0.1) is 0 Å². The number of benzene rings is 1. The Morgan fingerprint density at radius 2 is 1.50 bits per heavy atom. The van der Waals surface area contributed by atoms with Crippen LogP contribution >= 0.6 is 0 Å². The summed E-state index contributed by atoms with van der Waals surface area (Å²) in [7, 11) is 0. The third-order valence-electron chi connectivity index (χ3n) is 6.43. The lowest BCUT2D eigenvalue weighted by atomic mass is 9.97. The smallest absolute Gasteiger partial charge is 0.407 e. The second-order valence-electron chi connectivity index (χ2n) is 9.39. The second kappa shape index (κ2) is 16.8. The van der Waals surface area contributed by atoms with Crippen molar-refractivity contribution in [3.8, 4) is 0 Å². The number of nitrogens with one attached hydrogen (secondary N) is 1. The number of primary amides is 1. The number of aliphatic hydroxyl groups is 6. The molecule has 2 fully saturated rings. The summed E-state index contributed by atoms with van der Waals surface area (Å²) in [5.74, 6) is 0. The number of carbonyl (C=O) groups excluding carboxylic acids is 2. The lowest BCUT2D eigenvalue weighted by molar-refractivity contribution is -0.367. The maximum atomic E-state index is 11.8. The van der Waals surface area contributed by atoms with E-state index in [2.05, 4.69) is 5.32 Å². The Bertz CT molecular complexity index is 959. The van der Waals surface area contributed by atoms with Crippen LogP contribution in [0.4, 0.5) is 9.59 Å². The van der Waals surface area contributed by atoms with E-state index in [-0.39, 0.29) is 33.0 Å². The Hall–Kier alpha value is -2.68. The fourth-order valence-electron chi connectivity index (χ4n) is 4.25. The number of carbonyl (C=O) groups is 2. The number of alkyl carbamates (subject to hydrolysis) is 1. The molecule has 2 aliphatic heterocycles. The Morgan fingerprint density at radius 3 is 2.17 bits per heavy atom. The molecule has 2 heterocycles. The molecule has 3 rings (SSSR count). The Labute approximate surface area is 240 Å². The third kappa shape index (κ3) is 9.41. The standard InChI is InChI=1S/C25H38N2O15/c26-24(34)42-20-17(31)15(11-29)39-22(19(20)33)41-21-18(32)16(30)14(10-28)40-23(21)37-9-8-36-7-6-27-25(35)38-12-13-4-2-1-3-5-13/h1-5,14-23,28-33H,6-12H2,(H2,26,34)(H,27,35)/t14-,15?,16+,17?,18-,19?,20?,21-,22?,23+/m0/s1. The van der Waals surface area contributed by atoms with E-state index in [1.807, 2.05) is 30.3 Å². The summed E-state index contributed by atoms with van der Waals surface area (Å²) in [5.41, 5.74) is 5.84. The molecular weight excluding hydrogens is 568 g/mol. The van der Waals surface area contributed by atoms with Crippen molar-refractivity contribution in [2.24, 2.45) is 5.73 Å². The highest BCUT2D eigenvalue weighted by Gasteiger charge is 2.52. The van der Waals surface area contributed by atoms with Crippen molar-refractivity contribution in [1.29, 1.82) is 0 Å². The third-order valence-corrected chi connectivity index (χ3v) is 6.43. The molecular formula is C25H38N2O15. The number of rotatable bonds is 14. The van der Waals surface area contributed by atoms with Gasteiger partial charge in [0.05, 0.1) is 33.0 Å². The minimum Gasteiger partial charge on any atom is -0.445 e. The summed E-state index contributed by atoms with van der Waals surface area (Å²) < 4.78 is 37.3. The van der Waals surface area contributed by atoms with Gasteiger partial charge in [0.15, 0.2) is 18.7 Å². The van der Waals surface area contributed by atoms with Crippen molar-refractivity contribution < 1.29 is 73.4 Å². The summed E-state index contributed by atoms with van der Waals surface area (Å²) in [5, 5.41) is 63.5. The molecule has 238 valence electrons. The topological polar surface area (TPSA) is 258 Å². The van der Waals surface area contributed by atoms with Gasteiger partial charge in [0, 0.05) is 6.54 Å². The van der Waals surface area contributed by atoms with E-state index in [1.165, 1.54) is 0 Å². The minimum atomic E-state index is -1.84. The molecule has 0 spiro atoms. The first-order valence-electron chi connectivity index (χ1n) is 13.2. The molecule has 5 unspecified atom stereocenters. The van der Waals surface area contributed by atoms with E-state index < -0.39 is 86.8 Å². The maximum Gasteiger partial charge on any atom is 0.407 e. The summed E-state index contributed by atoms with van der Waals surface area (Å²) in [6, 6.07) is 9.14. The molecule has 0 bridgehead atoms. The van der Waals surface area contributed by atoms with E-state index >= 15 is 0 Å². The van der Waals surface area contributed by atoms with E-state index in [0.29, 0.717) is 0 Å². The molecule has 9 N–H and O–H groups in total. The predicted molar refractivity (Wildman–Crippen MR) is 136 cm³/mol. The van der Waals surface area contributed by atoms with Crippen molar-refractivity contribution in [1.82, 2.24) is 5.32 Å². The van der Waals surface area contributed by atoms with Gasteiger partial charge in [0.25, 0.3) is 0 Å². The zero-order valence-electron chi connectivity index (χ0n) is 22.5. The quantitative estimate of drug-likeness (QED) is 0.0964. The molecule has 1 aromatic rings. The molecule has 10 atom stereocenters. The van der Waals surface area contributed by atoms with Crippen LogP contribution in [0.25, 0.3) is 0 Å². The van der Waals surface area contributed by atoms with Crippen molar-refractivity contribution in [2.45, 2.75) is 68.0 Å². The summed E-state index contributed by atoms with van der Waals surface area (Å²) in [4.78, 5) is 23.0. The number of hydrogen-bond acceptors (Lipinski definition) is 15. The van der Waals surface area contributed by atoms with E-state index in [4.69, 9.17) is 38.9 Å². The average Bonchev–Trinajstić information content (AvgIpc) is 2.98. The molecule has 0 radical (unpaired) electrons. The molecule has 17 nitrogen and oxygen atoms in total. The predicted octanol–water partition coefficient (Wildman–Crippen LogP) is -3.33. The number of nitrogens with two attached hydrogens (primary N) is 1. The van der Waals surface area contributed by atoms with Gasteiger partial charge in [-0.3, -0.25) is 0 Å². The van der Waals surface area contributed by atoms with Crippen molar-refractivity contribution in [3.63, 3.8) is 0 Å². The minimum absolute atomic E-state index is 0.00831. The van der Waals surface area contributed by atoms with Crippen molar-refractivity contribution in [3.05, 3.63) is 35.9 Å². The van der Waals surface area contributed by atoms with Gasteiger partial charge >= 0.3 is 12.2 Å². The van der Waals surface area contributed by atoms with Gasteiger partial charge in [-0.25, -0.2) is 9.59 Å². The molecule has 0 saturated carbocycles. The molecule has 0 aliphatic carbocycles. The first-order valence-corrected chi connectivity index (χ1v) is 13.2. The number of amides is 2. The van der Waals surface area contributed by atoms with Crippen molar-refractivity contribution >= 4 is 12.2 Å². The maximum absolute atomic E-state index is 11.8. The fourth-order valence-corrected chi connectivity index (χ4v) is 4.25. The highest BCUT2D eigenvalue weighted by Crippen LogP contribution is 2.30. The van der Waals surface area contributed by atoms with Gasteiger partial charge in [-0.1, -0.05) is 30.3 Å². The zero-order chi connectivity index (χ0) is 30.6. The lowest BCUT2D eigenvalue weighted by Gasteiger charge is -2.46. The van der Waals surface area contributed by atoms with Crippen LogP contribution in [0.15, 0.2) is 30.3 Å². The van der Waals surface area contributed by atoms with Crippen LogP contribution in [-0.2, 0) is 39.8 Å². The summed E-state index contributed by atoms with van der Waals surface area (Å²) in [6.07, 6.45) is -17.8. The zero-order valence-corrected chi connectivity index (χ0v) is 22.5. The SMILES string of the molecule is NC(=O)OC1C(O)C(CO)OC(O[C@@H]2[C@H](OCCOCCNC(=O)OCc3ccccc3)O[C@@H](CO)[C@@H](O)[C@@H]2O)C1O. The van der Waals surface area contributed by atoms with Crippen LogP contribution in [-0.4, -0.2) is 144 Å². The van der Waals surface area contributed by atoms with E-state index in [1.54, 1.807) is 0 Å². The van der Waals surface area contributed by atoms with Gasteiger partial charge in [-0.05, 0) is 5.56 Å². The normalized spacial score (nSPS) is 33.1. The molecule has 0 aromatic heterocycles. The monoisotopic (exact) mass is 606 g/mol. The van der Waals surface area contributed by atoms with Gasteiger partial charge in [0.1, 0.15) is 49.3 Å². The molecule has 1 aromatic carbocycles. The second-order valence-corrected chi connectivity index (χ2v) is 9.39. The van der Waals surface area contributed by atoms with Gasteiger partial charge in [-0.2, -0.15) is 0 Å². The van der Waals surface area contributed by atoms with Crippen LogP contribution in [0.3, 0.4) is 0 Å². The van der Waals surface area contributed by atoms with Crippen LogP contribution < -0.4 is 11.1 Å². The largest absolute Gasteiger partial charge is 0.445 e. The number of aliphatic hydroxyl groups excluding tert-OH is 6. The Morgan fingerprint density at radius 1 is 0.833 bits per heavy atom. The highest BCUT2D eigenvalue weighted by molar-refractivity contribution is 5.67. The van der Waals surface area contributed by atoms with E-state index in [0.717, 1.165) is 5.56 Å². The van der Waals surface area contributed by atoms with E-state index in [9.17, 15) is 40.2 Å². The lowest BCUT2D eigenvalue weighted by Crippen LogP contribution is -2.65. The fraction of sp³-hybridized carbons (Fsp3) is 0.680. The molecule has 2 aliphatic rings. The van der Waals surface area contributed by atoms with Gasteiger partial charge in [0.2, 0.25) is 0 Å². The molecule has 2 saturated heterocycles. The van der Waals surface area contributed by atoms with Crippen LogP contribution in [0.5, 0.6) is 0 Å². The summed E-state index contributed by atoms with van der Waals surface area (Å²) >= 11 is 0. The van der Waals surface area contributed by atoms with Gasteiger partial charge in [-0.15, -0.1) is 0 Å². The average molecular weight is 607 g/mol. The first kappa shape index (κ1) is 33.8. The number of ether oxygens (including phenoxy) is 7. The van der Waals surface area contributed by atoms with Crippen molar-refractivity contribution in [2.75, 3.05) is 39.6 Å². The van der Waals surface area contributed by atoms with Gasteiger partial charge < -0.3 is 74.8 Å². The Balaban J connectivity index is 1.49. The highest BCUT2D eigenvalue weighted by atomic mass is 16.8. The first-order chi connectivity index (χ1) is 20.2. The molecule has 42 heavy (non-hydrogen) atoms. The molecule has 2 amide bonds. The van der Waals surface area contributed by atoms with Crippen LogP contribution in [0.2, 0.25) is 0 Å². The summed E-state index contributed by atoms with van der Waals surface area (Å²) in [6.45, 7) is -1.23. The number of hydrogen-bond donors (Lipinski definition) is 8. The molecule has 17 heteroatoms. The van der Waals surface area contributed by atoms with Crippen LogP contribution in [0.1, 0.15) is 5.56 Å².